The van der Waals surface area contributed by atoms with Crippen molar-refractivity contribution in [2.45, 2.75) is 83.4 Å². The van der Waals surface area contributed by atoms with Crippen molar-refractivity contribution in [2.24, 2.45) is 5.41 Å². The number of amides is 1. The first kappa shape index (κ1) is 40.3. The number of piperidine rings is 1. The summed E-state index contributed by atoms with van der Waals surface area (Å²) in [6.45, 7) is 8.34. The van der Waals surface area contributed by atoms with Crippen LogP contribution >= 0.6 is 0 Å². The average molecular weight is 753 g/mol. The minimum Gasteiger partial charge on any atom is -0.495 e. The maximum atomic E-state index is 15.4. The summed E-state index contributed by atoms with van der Waals surface area (Å²) in [6, 6.07) is 9.32. The number of hydroxylamine groups is 2. The van der Waals surface area contributed by atoms with Gasteiger partial charge in [-0.05, 0) is 84.2 Å². The van der Waals surface area contributed by atoms with Crippen molar-refractivity contribution in [1.82, 2.24) is 9.63 Å². The Morgan fingerprint density at radius 1 is 1.06 bits per heavy atom. The summed E-state index contributed by atoms with van der Waals surface area (Å²) in [7, 11) is -2.33. The fraction of sp³-hybridized carbons (Fsp3) is 0.500. The molecule has 0 spiro atoms. The molecule has 3 aromatic rings. The van der Waals surface area contributed by atoms with Crippen molar-refractivity contribution >= 4 is 44.2 Å². The number of benzene rings is 2. The minimum absolute atomic E-state index is 0.0224. The molecular weight excluding hydrogens is 708 g/mol. The summed E-state index contributed by atoms with van der Waals surface area (Å²) in [5.41, 5.74) is -1.02. The van der Waals surface area contributed by atoms with Crippen LogP contribution in [-0.2, 0) is 30.8 Å². The third-order valence-electron chi connectivity index (χ3n) is 7.89. The quantitative estimate of drug-likeness (QED) is 0.197. The minimum atomic E-state index is -4.62. The van der Waals surface area contributed by atoms with Crippen LogP contribution in [0.1, 0.15) is 53.7 Å². The molecule has 0 radical (unpaired) electrons. The molecule has 1 saturated heterocycles. The van der Waals surface area contributed by atoms with E-state index in [1.807, 2.05) is 0 Å². The lowest BCUT2D eigenvalue weighted by Crippen LogP contribution is -2.49. The van der Waals surface area contributed by atoms with Gasteiger partial charge in [-0.2, -0.15) is 13.2 Å². The third-order valence-corrected chi connectivity index (χ3v) is 9.00. The molecule has 0 unspecified atom stereocenters. The highest BCUT2D eigenvalue weighted by atomic mass is 32.2. The zero-order valence-corrected chi connectivity index (χ0v) is 31.2. The largest absolute Gasteiger partial charge is 0.495 e. The molecule has 1 aliphatic heterocycles. The standard InChI is InChI=1S/C36H44F4N4O7S/c1-34(2,3)32(45)51-42-18-16-28(26(37)21-42)41-27-12-9-13-29-25(27)19-23(44(29)22-36(38,39)40)11-10-17-43(33(46)50-35(4,5)6)30-15-14-24(52(8,47)48)20-31(30)49-7/h9,12-15,19-20,26,28,41H,16-18,21-22H2,1-8H3/t26-,28+/m0/s1. The molecule has 2 aromatic carbocycles. The van der Waals surface area contributed by atoms with E-state index in [9.17, 15) is 31.2 Å². The van der Waals surface area contributed by atoms with Gasteiger partial charge in [-0.15, -0.1) is 5.06 Å². The van der Waals surface area contributed by atoms with E-state index >= 15 is 4.39 Å². The Kier molecular flexibility index (Phi) is 11.8. The average Bonchev–Trinajstić information content (AvgIpc) is 3.35. The van der Waals surface area contributed by atoms with Gasteiger partial charge >= 0.3 is 18.2 Å². The number of carbonyl (C=O) groups is 2. The fourth-order valence-corrected chi connectivity index (χ4v) is 5.96. The Labute approximate surface area is 301 Å². The molecule has 0 bridgehead atoms. The second-order valence-corrected chi connectivity index (χ2v) is 16.5. The van der Waals surface area contributed by atoms with Gasteiger partial charge in [0.05, 0.1) is 53.4 Å². The van der Waals surface area contributed by atoms with Gasteiger partial charge in [-0.1, -0.05) is 12.0 Å². The second kappa shape index (κ2) is 15.2. The van der Waals surface area contributed by atoms with E-state index in [1.165, 1.54) is 42.5 Å². The number of nitrogens with one attached hydrogen (secondary N) is 1. The zero-order valence-electron chi connectivity index (χ0n) is 30.4. The van der Waals surface area contributed by atoms with E-state index in [0.717, 1.165) is 15.7 Å². The number of rotatable bonds is 8. The number of hydrogen-bond acceptors (Lipinski definition) is 9. The summed E-state index contributed by atoms with van der Waals surface area (Å²) < 4.78 is 93.3. The van der Waals surface area contributed by atoms with Crippen LogP contribution in [0.2, 0.25) is 0 Å². The van der Waals surface area contributed by atoms with Gasteiger partial charge in [-0.3, -0.25) is 4.90 Å². The molecule has 284 valence electrons. The molecule has 1 aromatic heterocycles. The van der Waals surface area contributed by atoms with E-state index in [0.29, 0.717) is 11.1 Å². The van der Waals surface area contributed by atoms with Crippen molar-refractivity contribution < 1.29 is 49.9 Å². The molecule has 1 aliphatic rings. The number of methoxy groups -OCH3 is 1. The van der Waals surface area contributed by atoms with Gasteiger partial charge in [0.2, 0.25) is 0 Å². The highest BCUT2D eigenvalue weighted by Crippen LogP contribution is 2.34. The number of anilines is 2. The molecule has 52 heavy (non-hydrogen) atoms. The van der Waals surface area contributed by atoms with Crippen LogP contribution in [-0.4, -0.2) is 87.1 Å². The highest BCUT2D eigenvalue weighted by molar-refractivity contribution is 7.90. The third kappa shape index (κ3) is 10.3. The van der Waals surface area contributed by atoms with Crippen LogP contribution in [0, 0.1) is 17.3 Å². The molecule has 1 fully saturated rings. The molecule has 1 N–H and O–H groups in total. The van der Waals surface area contributed by atoms with Gasteiger partial charge in [0.15, 0.2) is 9.84 Å². The molecule has 0 aliphatic carbocycles. The number of nitrogens with zero attached hydrogens (tertiary/aromatic N) is 3. The van der Waals surface area contributed by atoms with Crippen molar-refractivity contribution in [3.05, 3.63) is 48.2 Å². The lowest BCUT2D eigenvalue weighted by molar-refractivity contribution is -0.208. The van der Waals surface area contributed by atoms with Crippen LogP contribution in [0.4, 0.5) is 33.7 Å². The molecule has 11 nitrogen and oxygen atoms in total. The predicted molar refractivity (Wildman–Crippen MR) is 189 cm³/mol. The van der Waals surface area contributed by atoms with Crippen molar-refractivity contribution in [3.63, 3.8) is 0 Å². The number of alkyl halides is 4. The number of carbonyl (C=O) groups excluding carboxylic acids is 2. The fourth-order valence-electron chi connectivity index (χ4n) is 5.33. The Bertz CT molecular complexity index is 1970. The van der Waals surface area contributed by atoms with Crippen LogP contribution in [0.25, 0.3) is 10.9 Å². The predicted octanol–water partition coefficient (Wildman–Crippen LogP) is 6.74. The Morgan fingerprint density at radius 3 is 2.33 bits per heavy atom. The van der Waals surface area contributed by atoms with Crippen LogP contribution < -0.4 is 15.0 Å². The van der Waals surface area contributed by atoms with Crippen molar-refractivity contribution in [1.29, 1.82) is 0 Å². The van der Waals surface area contributed by atoms with Crippen molar-refractivity contribution in [2.75, 3.05) is 43.2 Å². The Hall–Kier alpha value is -4.49. The van der Waals surface area contributed by atoms with Gasteiger partial charge in [-0.25, -0.2) is 22.4 Å². The molecule has 2 heterocycles. The highest BCUT2D eigenvalue weighted by Gasteiger charge is 2.35. The van der Waals surface area contributed by atoms with E-state index in [-0.39, 0.29) is 53.6 Å². The lowest BCUT2D eigenvalue weighted by atomic mass is 9.97. The number of aromatic nitrogens is 1. The summed E-state index contributed by atoms with van der Waals surface area (Å²) in [5, 5.41) is 4.78. The van der Waals surface area contributed by atoms with E-state index < -0.39 is 57.9 Å². The number of ether oxygens (including phenoxy) is 2. The summed E-state index contributed by atoms with van der Waals surface area (Å²) >= 11 is 0. The normalized spacial score (nSPS) is 17.2. The molecule has 0 saturated carbocycles. The van der Waals surface area contributed by atoms with Gasteiger partial charge in [0.25, 0.3) is 0 Å². The van der Waals surface area contributed by atoms with Gasteiger partial charge in [0, 0.05) is 29.9 Å². The van der Waals surface area contributed by atoms with Crippen LogP contribution in [0.15, 0.2) is 47.4 Å². The number of halogens is 4. The summed E-state index contributed by atoms with van der Waals surface area (Å²) in [5.74, 6) is 5.07. The van der Waals surface area contributed by atoms with E-state index in [1.54, 1.807) is 53.7 Å². The molecular formula is C36H44F4N4O7S. The van der Waals surface area contributed by atoms with Crippen molar-refractivity contribution in [3.8, 4) is 17.6 Å². The smallest absolute Gasteiger partial charge is 0.415 e. The maximum absolute atomic E-state index is 15.4. The van der Waals surface area contributed by atoms with Crippen LogP contribution in [0.3, 0.4) is 0 Å². The SMILES string of the molecule is COc1cc(S(C)(=O)=O)ccc1N(CC#Cc1cc2c(N[C@@H]3CCN(OC(=O)C(C)(C)C)C[C@@H]3F)cccc2n1CC(F)(F)F)C(=O)OC(C)(C)C. The maximum Gasteiger partial charge on any atom is 0.415 e. The Balaban J connectivity index is 1.68. The summed E-state index contributed by atoms with van der Waals surface area (Å²) in [4.78, 5) is 32.0. The summed E-state index contributed by atoms with van der Waals surface area (Å²) in [6.07, 6.45) is -5.67. The number of sulfone groups is 1. The second-order valence-electron chi connectivity index (χ2n) is 14.5. The monoisotopic (exact) mass is 752 g/mol. The first-order chi connectivity index (χ1) is 24.0. The first-order valence-corrected chi connectivity index (χ1v) is 18.3. The van der Waals surface area contributed by atoms with Crippen LogP contribution in [0.5, 0.6) is 5.75 Å². The first-order valence-electron chi connectivity index (χ1n) is 16.4. The Morgan fingerprint density at radius 2 is 1.75 bits per heavy atom. The number of fused-ring (bicyclic) bond motifs is 1. The topological polar surface area (TPSA) is 119 Å². The van der Waals surface area contributed by atoms with E-state index in [4.69, 9.17) is 14.3 Å². The molecule has 2 atom stereocenters. The molecule has 16 heteroatoms. The zero-order chi connectivity index (χ0) is 38.8. The number of hydrogen-bond donors (Lipinski definition) is 1. The van der Waals surface area contributed by atoms with Gasteiger partial charge < -0.3 is 24.2 Å². The van der Waals surface area contributed by atoms with E-state index in [2.05, 4.69) is 17.2 Å². The van der Waals surface area contributed by atoms with Gasteiger partial charge in [0.1, 0.15) is 24.1 Å². The molecule has 4 rings (SSSR count). The lowest BCUT2D eigenvalue weighted by Gasteiger charge is -2.35. The molecule has 1 amide bonds.